The molecule has 0 bridgehead atoms. The van der Waals surface area contributed by atoms with E-state index in [0.717, 1.165) is 37.0 Å². The maximum Gasteiger partial charge on any atom is 0.232 e. The molecule has 1 fully saturated rings. The molecular weight excluding hydrogens is 304 g/mol. The van der Waals surface area contributed by atoms with E-state index >= 15 is 0 Å². The third kappa shape index (κ3) is 2.79. The van der Waals surface area contributed by atoms with Crippen molar-refractivity contribution < 1.29 is 9.21 Å². The van der Waals surface area contributed by atoms with Crippen molar-refractivity contribution in [3.63, 3.8) is 0 Å². The van der Waals surface area contributed by atoms with Gasteiger partial charge in [-0.3, -0.25) is 4.79 Å². The molecule has 0 aliphatic carbocycles. The smallest absolute Gasteiger partial charge is 0.232 e. The number of carbonyl (C=O) groups is 1. The molecule has 1 N–H and O–H groups in total. The summed E-state index contributed by atoms with van der Waals surface area (Å²) in [6, 6.07) is 10.4. The number of benzene rings is 1. The van der Waals surface area contributed by atoms with Gasteiger partial charge in [-0.25, -0.2) is 0 Å². The first-order valence-electron chi connectivity index (χ1n) is 8.37. The van der Waals surface area contributed by atoms with Gasteiger partial charge >= 0.3 is 0 Å². The summed E-state index contributed by atoms with van der Waals surface area (Å²) in [5, 5.41) is 8.92. The zero-order chi connectivity index (χ0) is 16.5. The molecule has 1 aliphatic rings. The third-order valence-electron chi connectivity index (χ3n) is 4.60. The van der Waals surface area contributed by atoms with Crippen molar-refractivity contribution in [2.24, 2.45) is 0 Å². The molecule has 2 aromatic heterocycles. The van der Waals surface area contributed by atoms with E-state index in [9.17, 15) is 4.79 Å². The summed E-state index contributed by atoms with van der Waals surface area (Å²) in [6.07, 6.45) is 3.30. The summed E-state index contributed by atoms with van der Waals surface area (Å²) in [6.45, 7) is 2.50. The number of fused-ring (bicyclic) bond motifs is 1. The molecule has 1 saturated heterocycles. The van der Waals surface area contributed by atoms with Crippen molar-refractivity contribution in [2.45, 2.75) is 38.6 Å². The summed E-state index contributed by atoms with van der Waals surface area (Å²) in [5.41, 5.74) is 2.21. The van der Waals surface area contributed by atoms with Crippen LogP contribution in [0.25, 0.3) is 10.9 Å². The Balaban J connectivity index is 1.59. The highest BCUT2D eigenvalue weighted by atomic mass is 16.4. The van der Waals surface area contributed by atoms with E-state index in [1.807, 2.05) is 17.0 Å². The predicted octanol–water partition coefficient (Wildman–Crippen LogP) is 3.16. The van der Waals surface area contributed by atoms with E-state index in [1.54, 1.807) is 6.92 Å². The molecular formula is C18H20N4O2. The number of hydrogen-bond donors (Lipinski definition) is 1. The lowest BCUT2D eigenvalue weighted by Crippen LogP contribution is -2.39. The number of hydrogen-bond acceptors (Lipinski definition) is 4. The van der Waals surface area contributed by atoms with Crippen LogP contribution < -0.4 is 0 Å². The summed E-state index contributed by atoms with van der Waals surface area (Å²) in [5.74, 6) is 0.920. The van der Waals surface area contributed by atoms with Crippen LogP contribution in [-0.4, -0.2) is 32.5 Å². The molecule has 0 spiro atoms. The molecule has 4 rings (SSSR count). The maximum absolute atomic E-state index is 12.8. The number of aromatic nitrogens is 3. The average molecular weight is 324 g/mol. The lowest BCUT2D eigenvalue weighted by molar-refractivity contribution is -0.134. The lowest BCUT2D eigenvalue weighted by atomic mass is 9.98. The number of nitrogens with one attached hydrogen (secondary N) is 1. The third-order valence-corrected chi connectivity index (χ3v) is 4.60. The minimum atomic E-state index is 0.0435. The zero-order valence-electron chi connectivity index (χ0n) is 13.7. The fourth-order valence-corrected chi connectivity index (χ4v) is 3.47. The fraction of sp³-hybridized carbons (Fsp3) is 0.389. The Morgan fingerprint density at radius 2 is 2.21 bits per heavy atom. The van der Waals surface area contributed by atoms with Gasteiger partial charge in [0.25, 0.3) is 0 Å². The van der Waals surface area contributed by atoms with E-state index < -0.39 is 0 Å². The van der Waals surface area contributed by atoms with Gasteiger partial charge in [0.1, 0.15) is 6.42 Å². The predicted molar refractivity (Wildman–Crippen MR) is 89.3 cm³/mol. The number of aromatic amines is 1. The molecule has 24 heavy (non-hydrogen) atoms. The number of piperidine rings is 1. The van der Waals surface area contributed by atoms with Crippen LogP contribution in [0.5, 0.6) is 0 Å². The number of likely N-dealkylation sites (tertiary alicyclic amines) is 1. The van der Waals surface area contributed by atoms with Crippen molar-refractivity contribution in [1.29, 1.82) is 0 Å². The summed E-state index contributed by atoms with van der Waals surface area (Å²) >= 11 is 0. The van der Waals surface area contributed by atoms with Gasteiger partial charge in [-0.15, -0.1) is 10.2 Å². The Hall–Kier alpha value is -2.63. The molecule has 124 valence electrons. The van der Waals surface area contributed by atoms with Gasteiger partial charge in [0.2, 0.25) is 17.7 Å². The summed E-state index contributed by atoms with van der Waals surface area (Å²) < 4.78 is 5.36. The van der Waals surface area contributed by atoms with Gasteiger partial charge < -0.3 is 14.3 Å². The molecule has 1 amide bonds. The van der Waals surface area contributed by atoms with Crippen molar-refractivity contribution >= 4 is 16.8 Å². The van der Waals surface area contributed by atoms with Crippen LogP contribution in [0, 0.1) is 6.92 Å². The van der Waals surface area contributed by atoms with Crippen molar-refractivity contribution in [3.8, 4) is 0 Å². The van der Waals surface area contributed by atoms with Crippen LogP contribution >= 0.6 is 0 Å². The van der Waals surface area contributed by atoms with E-state index in [2.05, 4.69) is 33.4 Å². The number of carbonyl (C=O) groups excluding carboxylic acids is 1. The number of nitrogens with zero attached hydrogens (tertiary/aromatic N) is 3. The normalized spacial score (nSPS) is 18.2. The van der Waals surface area contributed by atoms with E-state index in [4.69, 9.17) is 4.42 Å². The fourth-order valence-electron chi connectivity index (χ4n) is 3.47. The number of para-hydroxylation sites is 1. The molecule has 3 heterocycles. The number of H-pyrrole nitrogens is 1. The van der Waals surface area contributed by atoms with Crippen molar-refractivity contribution in [3.05, 3.63) is 47.8 Å². The van der Waals surface area contributed by atoms with Crippen molar-refractivity contribution in [1.82, 2.24) is 20.1 Å². The molecule has 6 heteroatoms. The summed E-state index contributed by atoms with van der Waals surface area (Å²) in [4.78, 5) is 18.2. The van der Waals surface area contributed by atoms with Crippen LogP contribution in [0.15, 0.2) is 34.7 Å². The van der Waals surface area contributed by atoms with Crippen LogP contribution in [0.3, 0.4) is 0 Å². The van der Waals surface area contributed by atoms with Gasteiger partial charge in [0, 0.05) is 24.7 Å². The molecule has 3 aromatic rings. The van der Waals surface area contributed by atoms with Gasteiger partial charge in [-0.2, -0.15) is 0 Å². The molecule has 0 unspecified atom stereocenters. The van der Waals surface area contributed by atoms with Crippen molar-refractivity contribution in [2.75, 3.05) is 6.54 Å². The summed E-state index contributed by atoms with van der Waals surface area (Å²) in [7, 11) is 0. The van der Waals surface area contributed by atoms with Crippen LogP contribution in [0.1, 0.15) is 42.8 Å². The number of rotatable bonds is 3. The molecule has 1 aliphatic heterocycles. The minimum Gasteiger partial charge on any atom is -0.425 e. The molecule has 0 saturated carbocycles. The number of amides is 1. The second-order valence-corrected chi connectivity index (χ2v) is 6.30. The molecule has 6 nitrogen and oxygen atoms in total. The second kappa shape index (κ2) is 6.11. The van der Waals surface area contributed by atoms with Crippen LogP contribution in [-0.2, 0) is 11.2 Å². The highest BCUT2D eigenvalue weighted by molar-refractivity contribution is 5.81. The second-order valence-electron chi connectivity index (χ2n) is 6.30. The first-order valence-corrected chi connectivity index (χ1v) is 8.37. The van der Waals surface area contributed by atoms with Crippen LogP contribution in [0.2, 0.25) is 0 Å². The maximum atomic E-state index is 12.8. The Morgan fingerprint density at radius 3 is 3.00 bits per heavy atom. The SMILES string of the molecule is Cc1nnc(CC(=O)N2CCCC[C@H]2c2cc3ccccc3[nH]2)o1. The highest BCUT2D eigenvalue weighted by Crippen LogP contribution is 2.32. The van der Waals surface area contributed by atoms with Gasteiger partial charge in [0.15, 0.2) is 0 Å². The Kier molecular flexibility index (Phi) is 3.80. The quantitative estimate of drug-likeness (QED) is 0.803. The minimum absolute atomic E-state index is 0.0435. The molecule has 1 aromatic carbocycles. The topological polar surface area (TPSA) is 75.0 Å². The average Bonchev–Trinajstić information content (AvgIpc) is 3.20. The zero-order valence-corrected chi connectivity index (χ0v) is 13.7. The van der Waals surface area contributed by atoms with Crippen LogP contribution in [0.4, 0.5) is 0 Å². The Labute approximate surface area is 139 Å². The monoisotopic (exact) mass is 324 g/mol. The first-order chi connectivity index (χ1) is 11.7. The van der Waals surface area contributed by atoms with E-state index in [-0.39, 0.29) is 18.4 Å². The van der Waals surface area contributed by atoms with Gasteiger partial charge in [-0.1, -0.05) is 18.2 Å². The van der Waals surface area contributed by atoms with E-state index in [1.165, 1.54) is 5.39 Å². The first kappa shape index (κ1) is 14.9. The Bertz CT molecular complexity index is 834. The molecule has 0 radical (unpaired) electrons. The lowest BCUT2D eigenvalue weighted by Gasteiger charge is -2.35. The van der Waals surface area contributed by atoms with Gasteiger partial charge in [0.05, 0.1) is 6.04 Å². The number of aryl methyl sites for hydroxylation is 1. The van der Waals surface area contributed by atoms with E-state index in [0.29, 0.717) is 11.8 Å². The van der Waals surface area contributed by atoms with Gasteiger partial charge in [-0.05, 0) is 36.8 Å². The Morgan fingerprint density at radius 1 is 1.33 bits per heavy atom. The largest absolute Gasteiger partial charge is 0.425 e. The standard InChI is InChI=1S/C18H20N4O2/c1-12-20-21-17(24-12)11-18(23)22-9-5-4-8-16(22)15-10-13-6-2-3-7-14(13)19-15/h2-3,6-7,10,16,19H,4-5,8-9,11H2,1H3/t16-/m0/s1. The highest BCUT2D eigenvalue weighted by Gasteiger charge is 2.29. The molecule has 1 atom stereocenters.